The van der Waals surface area contributed by atoms with E-state index in [4.69, 9.17) is 9.84 Å². The molecule has 0 aliphatic rings. The molecule has 1 atom stereocenters. The van der Waals surface area contributed by atoms with Crippen LogP contribution in [-0.4, -0.2) is 29.8 Å². The summed E-state index contributed by atoms with van der Waals surface area (Å²) in [6.07, 6.45) is 2.41. The van der Waals surface area contributed by atoms with Gasteiger partial charge in [-0.3, -0.25) is 0 Å². The molecule has 0 aliphatic heterocycles. The van der Waals surface area contributed by atoms with E-state index in [9.17, 15) is 9.59 Å². The maximum absolute atomic E-state index is 11.3. The van der Waals surface area contributed by atoms with Crippen LogP contribution in [0.1, 0.15) is 29.3 Å². The van der Waals surface area contributed by atoms with E-state index in [2.05, 4.69) is 11.9 Å². The van der Waals surface area contributed by atoms with E-state index in [-0.39, 0.29) is 18.2 Å². The van der Waals surface area contributed by atoms with Crippen molar-refractivity contribution in [3.05, 3.63) is 48.0 Å². The Hall–Kier alpha value is -2.30. The molecule has 0 radical (unpaired) electrons. The number of carbonyl (C=O) groups is 2. The fourth-order valence-corrected chi connectivity index (χ4v) is 1.69. The molecule has 1 aromatic carbocycles. The smallest absolute Gasteiger partial charge is 0.407 e. The Balaban J connectivity index is 2.42. The Bertz CT molecular complexity index is 485. The van der Waals surface area contributed by atoms with Crippen molar-refractivity contribution in [2.45, 2.75) is 25.8 Å². The number of benzene rings is 1. The van der Waals surface area contributed by atoms with Crippen LogP contribution in [0.15, 0.2) is 36.9 Å². The Morgan fingerprint density at radius 2 is 2.25 bits per heavy atom. The van der Waals surface area contributed by atoms with Gasteiger partial charge in [-0.05, 0) is 37.5 Å². The molecule has 0 spiro atoms. The highest BCUT2D eigenvalue weighted by Crippen LogP contribution is 2.09. The van der Waals surface area contributed by atoms with Gasteiger partial charge in [0.05, 0.1) is 5.56 Å². The van der Waals surface area contributed by atoms with Gasteiger partial charge in [-0.25, -0.2) is 9.59 Å². The SMILES string of the molecule is C=CCOC(=O)N[C@H](C)CCc1cccc(C(=O)O)c1. The molecule has 20 heavy (non-hydrogen) atoms. The zero-order valence-corrected chi connectivity index (χ0v) is 11.5. The van der Waals surface area contributed by atoms with Gasteiger partial charge in [0.2, 0.25) is 0 Å². The van der Waals surface area contributed by atoms with Gasteiger partial charge in [0.1, 0.15) is 6.61 Å². The number of nitrogens with one attached hydrogen (secondary N) is 1. The van der Waals surface area contributed by atoms with Gasteiger partial charge in [0.15, 0.2) is 0 Å². The van der Waals surface area contributed by atoms with Gasteiger partial charge in [-0.15, -0.1) is 0 Å². The minimum absolute atomic E-state index is 0.0548. The van der Waals surface area contributed by atoms with Gasteiger partial charge >= 0.3 is 12.1 Å². The predicted molar refractivity (Wildman–Crippen MR) is 75.9 cm³/mol. The zero-order chi connectivity index (χ0) is 15.0. The first-order valence-corrected chi connectivity index (χ1v) is 6.39. The van der Waals surface area contributed by atoms with Crippen molar-refractivity contribution in [2.24, 2.45) is 0 Å². The summed E-state index contributed by atoms with van der Waals surface area (Å²) >= 11 is 0. The number of amides is 1. The Labute approximate surface area is 118 Å². The second-order valence-corrected chi connectivity index (χ2v) is 4.48. The number of carboxylic acid groups (broad SMARTS) is 1. The fraction of sp³-hybridized carbons (Fsp3) is 0.333. The fourth-order valence-electron chi connectivity index (χ4n) is 1.69. The molecule has 108 valence electrons. The largest absolute Gasteiger partial charge is 0.478 e. The van der Waals surface area contributed by atoms with Gasteiger partial charge in [0.25, 0.3) is 0 Å². The number of hydrogen-bond donors (Lipinski definition) is 2. The van der Waals surface area contributed by atoms with E-state index in [0.29, 0.717) is 12.8 Å². The number of ether oxygens (including phenoxy) is 1. The highest BCUT2D eigenvalue weighted by atomic mass is 16.5. The number of aryl methyl sites for hydroxylation is 1. The van der Waals surface area contributed by atoms with Crippen LogP contribution in [0.25, 0.3) is 0 Å². The second kappa shape index (κ2) is 7.99. The van der Waals surface area contributed by atoms with E-state index in [1.165, 1.54) is 6.08 Å². The maximum atomic E-state index is 11.3. The van der Waals surface area contributed by atoms with E-state index >= 15 is 0 Å². The van der Waals surface area contributed by atoms with Gasteiger partial charge < -0.3 is 15.2 Å². The van der Waals surface area contributed by atoms with Gasteiger partial charge in [-0.1, -0.05) is 24.8 Å². The first-order valence-electron chi connectivity index (χ1n) is 6.39. The first-order chi connectivity index (χ1) is 9.52. The molecular formula is C15H19NO4. The molecule has 1 rings (SSSR count). The third kappa shape index (κ3) is 5.56. The van der Waals surface area contributed by atoms with Crippen LogP contribution < -0.4 is 5.32 Å². The molecule has 5 nitrogen and oxygen atoms in total. The standard InChI is InChI=1S/C15H19NO4/c1-3-9-20-15(19)16-11(2)7-8-12-5-4-6-13(10-12)14(17)18/h3-6,10-11H,1,7-9H2,2H3,(H,16,19)(H,17,18)/t11-/m1/s1. The molecule has 0 bridgehead atoms. The van der Waals surface area contributed by atoms with E-state index in [0.717, 1.165) is 5.56 Å². The Kier molecular flexibility index (Phi) is 6.29. The highest BCUT2D eigenvalue weighted by Gasteiger charge is 2.09. The van der Waals surface area contributed by atoms with E-state index in [1.807, 2.05) is 13.0 Å². The van der Waals surface area contributed by atoms with Crippen molar-refractivity contribution < 1.29 is 19.4 Å². The number of rotatable bonds is 7. The average Bonchev–Trinajstić information content (AvgIpc) is 2.43. The molecule has 0 saturated heterocycles. The summed E-state index contributed by atoms with van der Waals surface area (Å²) in [4.78, 5) is 22.2. The van der Waals surface area contributed by atoms with Crippen molar-refractivity contribution in [3.63, 3.8) is 0 Å². The summed E-state index contributed by atoms with van der Waals surface area (Å²) in [6, 6.07) is 6.73. The lowest BCUT2D eigenvalue weighted by Gasteiger charge is -2.13. The monoisotopic (exact) mass is 277 g/mol. The summed E-state index contributed by atoms with van der Waals surface area (Å²) in [5.41, 5.74) is 1.20. The van der Waals surface area contributed by atoms with Gasteiger partial charge in [-0.2, -0.15) is 0 Å². The highest BCUT2D eigenvalue weighted by molar-refractivity contribution is 5.87. The molecule has 0 heterocycles. The predicted octanol–water partition coefficient (Wildman–Crippen LogP) is 2.62. The summed E-state index contributed by atoms with van der Waals surface area (Å²) < 4.78 is 4.82. The number of alkyl carbamates (subject to hydrolysis) is 1. The van der Waals surface area contributed by atoms with Crippen LogP contribution in [0.4, 0.5) is 4.79 Å². The molecule has 2 N–H and O–H groups in total. The lowest BCUT2D eigenvalue weighted by molar-refractivity contribution is 0.0696. The molecule has 0 fully saturated rings. The van der Waals surface area contributed by atoms with Gasteiger partial charge in [0, 0.05) is 6.04 Å². The topological polar surface area (TPSA) is 75.6 Å². The molecule has 0 aliphatic carbocycles. The third-order valence-corrected chi connectivity index (χ3v) is 2.74. The van der Waals surface area contributed by atoms with Crippen molar-refractivity contribution >= 4 is 12.1 Å². The molecule has 0 unspecified atom stereocenters. The maximum Gasteiger partial charge on any atom is 0.407 e. The normalized spacial score (nSPS) is 11.4. The minimum atomic E-state index is -0.939. The molecule has 5 heteroatoms. The number of aromatic carboxylic acids is 1. The number of carbonyl (C=O) groups excluding carboxylic acids is 1. The average molecular weight is 277 g/mol. The van der Waals surface area contributed by atoms with Crippen LogP contribution in [-0.2, 0) is 11.2 Å². The van der Waals surface area contributed by atoms with Crippen LogP contribution in [0, 0.1) is 0 Å². The lowest BCUT2D eigenvalue weighted by Crippen LogP contribution is -2.33. The summed E-state index contributed by atoms with van der Waals surface area (Å²) in [6.45, 7) is 5.51. The molecule has 1 aromatic rings. The number of carboxylic acids is 1. The van der Waals surface area contributed by atoms with Crippen molar-refractivity contribution in [2.75, 3.05) is 6.61 Å². The minimum Gasteiger partial charge on any atom is -0.478 e. The van der Waals surface area contributed by atoms with E-state index in [1.54, 1.807) is 18.2 Å². The first kappa shape index (κ1) is 15.8. The van der Waals surface area contributed by atoms with Crippen LogP contribution in [0.5, 0.6) is 0 Å². The zero-order valence-electron chi connectivity index (χ0n) is 11.5. The second-order valence-electron chi connectivity index (χ2n) is 4.48. The Morgan fingerprint density at radius 1 is 1.50 bits per heavy atom. The van der Waals surface area contributed by atoms with Crippen molar-refractivity contribution in [1.29, 1.82) is 0 Å². The quantitative estimate of drug-likeness (QED) is 0.751. The van der Waals surface area contributed by atoms with Crippen molar-refractivity contribution in [3.8, 4) is 0 Å². The van der Waals surface area contributed by atoms with Crippen molar-refractivity contribution in [1.82, 2.24) is 5.32 Å². The summed E-state index contributed by atoms with van der Waals surface area (Å²) in [7, 11) is 0. The van der Waals surface area contributed by atoms with Crippen LogP contribution in [0.3, 0.4) is 0 Å². The van der Waals surface area contributed by atoms with Crippen LogP contribution in [0.2, 0.25) is 0 Å². The number of hydrogen-bond acceptors (Lipinski definition) is 3. The molecule has 0 saturated carbocycles. The lowest BCUT2D eigenvalue weighted by atomic mass is 10.0. The third-order valence-electron chi connectivity index (χ3n) is 2.74. The summed E-state index contributed by atoms with van der Waals surface area (Å²) in [5.74, 6) is -0.939. The molecular weight excluding hydrogens is 258 g/mol. The van der Waals surface area contributed by atoms with Crippen LogP contribution >= 0.6 is 0 Å². The Morgan fingerprint density at radius 3 is 2.90 bits per heavy atom. The molecule has 1 amide bonds. The molecule has 0 aromatic heterocycles. The summed E-state index contributed by atoms with van der Waals surface area (Å²) in [5, 5.41) is 11.6. The van der Waals surface area contributed by atoms with E-state index < -0.39 is 12.1 Å².